The third kappa shape index (κ3) is 4.93. The summed E-state index contributed by atoms with van der Waals surface area (Å²) in [5, 5.41) is 5.98. The summed E-state index contributed by atoms with van der Waals surface area (Å²) in [6.07, 6.45) is 0. The van der Waals surface area contributed by atoms with Gasteiger partial charge in [0.05, 0.1) is 17.3 Å². The average molecular weight is 457 g/mol. The molecule has 34 heavy (non-hydrogen) atoms. The van der Waals surface area contributed by atoms with Crippen molar-refractivity contribution in [3.63, 3.8) is 0 Å². The van der Waals surface area contributed by atoms with Gasteiger partial charge < -0.3 is 20.4 Å². The van der Waals surface area contributed by atoms with Gasteiger partial charge in [-0.05, 0) is 42.0 Å². The lowest BCUT2D eigenvalue weighted by Crippen LogP contribution is -2.52. The number of para-hydroxylation sites is 2. The topological polar surface area (TPSA) is 81.8 Å². The van der Waals surface area contributed by atoms with Crippen molar-refractivity contribution in [2.75, 3.05) is 32.0 Å². The lowest BCUT2D eigenvalue weighted by atomic mass is 9.98. The van der Waals surface area contributed by atoms with Crippen LogP contribution in [-0.2, 0) is 4.79 Å². The molecule has 0 aliphatic carbocycles. The summed E-state index contributed by atoms with van der Waals surface area (Å²) >= 11 is 0. The second-order valence-corrected chi connectivity index (χ2v) is 8.22. The Morgan fingerprint density at radius 3 is 2.35 bits per heavy atom. The number of carbonyl (C=O) groups excluding carboxylic acids is 3. The van der Waals surface area contributed by atoms with Gasteiger partial charge in [-0.2, -0.15) is 0 Å². The van der Waals surface area contributed by atoms with E-state index in [1.165, 1.54) is 6.92 Å². The Balaban J connectivity index is 1.69. The third-order valence-electron chi connectivity index (χ3n) is 6.06. The average Bonchev–Trinajstić information content (AvgIpc) is 2.88. The number of piperazine rings is 1. The predicted molar refractivity (Wildman–Crippen MR) is 132 cm³/mol. The smallest absolute Gasteiger partial charge is 0.256 e. The van der Waals surface area contributed by atoms with E-state index in [9.17, 15) is 14.4 Å². The number of rotatable bonds is 5. The molecule has 1 aliphatic heterocycles. The number of amides is 3. The minimum absolute atomic E-state index is 0.0364. The first-order valence-electron chi connectivity index (χ1n) is 11.3. The van der Waals surface area contributed by atoms with Crippen LogP contribution in [0.25, 0.3) is 0 Å². The van der Waals surface area contributed by atoms with E-state index in [2.05, 4.69) is 10.6 Å². The Kier molecular flexibility index (Phi) is 6.92. The molecule has 2 N–H and O–H groups in total. The molecule has 4 rings (SSSR count). The molecule has 3 aromatic rings. The van der Waals surface area contributed by atoms with Crippen LogP contribution in [0.2, 0.25) is 0 Å². The van der Waals surface area contributed by atoms with Crippen LogP contribution < -0.4 is 10.6 Å². The SMILES string of the molecule is CNC(=O)c1cccc([C@@H]2CN(C(C)=O)CCN2C(=O)c2ccccc2Nc2ccccc2)c1. The van der Waals surface area contributed by atoms with Crippen molar-refractivity contribution in [2.24, 2.45) is 0 Å². The summed E-state index contributed by atoms with van der Waals surface area (Å²) in [6, 6.07) is 24.0. The molecule has 3 aromatic carbocycles. The Labute approximate surface area is 199 Å². The molecular weight excluding hydrogens is 428 g/mol. The zero-order valence-corrected chi connectivity index (χ0v) is 19.3. The van der Waals surface area contributed by atoms with Gasteiger partial charge in [0.15, 0.2) is 0 Å². The molecule has 174 valence electrons. The van der Waals surface area contributed by atoms with Crippen molar-refractivity contribution >= 4 is 29.1 Å². The van der Waals surface area contributed by atoms with Gasteiger partial charge in [-0.25, -0.2) is 0 Å². The standard InChI is InChI=1S/C27H28N4O3/c1-19(32)30-15-16-31(25(18-30)20-9-8-10-21(17-20)26(33)28-2)27(34)23-13-6-7-14-24(23)29-22-11-4-3-5-12-22/h3-14,17,25,29H,15-16,18H2,1-2H3,(H,28,33)/t25-/m0/s1. The zero-order chi connectivity index (χ0) is 24.1. The van der Waals surface area contributed by atoms with E-state index >= 15 is 0 Å². The molecular formula is C27H28N4O3. The van der Waals surface area contributed by atoms with E-state index in [0.29, 0.717) is 36.4 Å². The highest BCUT2D eigenvalue weighted by molar-refractivity contribution is 6.01. The van der Waals surface area contributed by atoms with Gasteiger partial charge in [0, 0.05) is 44.9 Å². The summed E-state index contributed by atoms with van der Waals surface area (Å²) in [4.78, 5) is 41.8. The Hall–Kier alpha value is -4.13. The maximum atomic E-state index is 13.8. The van der Waals surface area contributed by atoms with Gasteiger partial charge >= 0.3 is 0 Å². The highest BCUT2D eigenvalue weighted by atomic mass is 16.2. The Bertz CT molecular complexity index is 1200. The number of nitrogens with one attached hydrogen (secondary N) is 2. The monoisotopic (exact) mass is 456 g/mol. The molecule has 0 saturated carbocycles. The van der Waals surface area contributed by atoms with E-state index in [-0.39, 0.29) is 23.8 Å². The minimum Gasteiger partial charge on any atom is -0.355 e. The molecule has 0 unspecified atom stereocenters. The fraction of sp³-hybridized carbons (Fsp3) is 0.222. The Morgan fingerprint density at radius 2 is 1.62 bits per heavy atom. The first-order valence-corrected chi connectivity index (χ1v) is 11.3. The van der Waals surface area contributed by atoms with Crippen molar-refractivity contribution in [3.8, 4) is 0 Å². The molecule has 0 radical (unpaired) electrons. The normalized spacial score (nSPS) is 15.5. The fourth-order valence-electron chi connectivity index (χ4n) is 4.24. The van der Waals surface area contributed by atoms with Crippen LogP contribution in [0.5, 0.6) is 0 Å². The van der Waals surface area contributed by atoms with Gasteiger partial charge in [0.1, 0.15) is 0 Å². The molecule has 1 atom stereocenters. The molecule has 7 heteroatoms. The van der Waals surface area contributed by atoms with Crippen LogP contribution in [0.4, 0.5) is 11.4 Å². The largest absolute Gasteiger partial charge is 0.355 e. The molecule has 0 aromatic heterocycles. The first-order chi connectivity index (χ1) is 16.5. The van der Waals surface area contributed by atoms with E-state index in [4.69, 9.17) is 0 Å². The number of nitrogens with zero attached hydrogens (tertiary/aromatic N) is 2. The van der Waals surface area contributed by atoms with Gasteiger partial charge in [0.25, 0.3) is 11.8 Å². The van der Waals surface area contributed by atoms with Crippen LogP contribution in [0.3, 0.4) is 0 Å². The minimum atomic E-state index is -0.375. The van der Waals surface area contributed by atoms with Crippen molar-refractivity contribution in [1.29, 1.82) is 0 Å². The highest BCUT2D eigenvalue weighted by Crippen LogP contribution is 2.30. The van der Waals surface area contributed by atoms with E-state index < -0.39 is 0 Å². The summed E-state index contributed by atoms with van der Waals surface area (Å²) in [6.45, 7) is 2.76. The summed E-state index contributed by atoms with van der Waals surface area (Å²) in [5.74, 6) is -0.361. The van der Waals surface area contributed by atoms with E-state index in [1.807, 2.05) is 60.7 Å². The molecule has 3 amide bonds. The lowest BCUT2D eigenvalue weighted by Gasteiger charge is -2.41. The molecule has 7 nitrogen and oxygen atoms in total. The summed E-state index contributed by atoms with van der Waals surface area (Å²) < 4.78 is 0. The molecule has 1 heterocycles. The fourth-order valence-corrected chi connectivity index (χ4v) is 4.24. The Morgan fingerprint density at radius 1 is 0.882 bits per heavy atom. The molecule has 0 bridgehead atoms. The van der Waals surface area contributed by atoms with Crippen molar-refractivity contribution in [2.45, 2.75) is 13.0 Å². The lowest BCUT2D eigenvalue weighted by molar-refractivity contribution is -0.131. The number of hydrogen-bond donors (Lipinski definition) is 2. The van der Waals surface area contributed by atoms with Gasteiger partial charge in [-0.15, -0.1) is 0 Å². The van der Waals surface area contributed by atoms with Gasteiger partial charge in [0.2, 0.25) is 5.91 Å². The zero-order valence-electron chi connectivity index (χ0n) is 19.3. The van der Waals surface area contributed by atoms with Crippen LogP contribution in [0, 0.1) is 0 Å². The maximum absolute atomic E-state index is 13.8. The molecule has 1 fully saturated rings. The van der Waals surface area contributed by atoms with E-state index in [0.717, 1.165) is 11.3 Å². The van der Waals surface area contributed by atoms with Crippen LogP contribution in [-0.4, -0.2) is 54.2 Å². The van der Waals surface area contributed by atoms with Crippen molar-refractivity contribution < 1.29 is 14.4 Å². The van der Waals surface area contributed by atoms with Gasteiger partial charge in [-0.1, -0.05) is 42.5 Å². The van der Waals surface area contributed by atoms with E-state index in [1.54, 1.807) is 35.0 Å². The van der Waals surface area contributed by atoms with Crippen molar-refractivity contribution in [1.82, 2.24) is 15.1 Å². The highest BCUT2D eigenvalue weighted by Gasteiger charge is 2.34. The van der Waals surface area contributed by atoms with Crippen LogP contribution in [0.15, 0.2) is 78.9 Å². The summed E-state index contributed by atoms with van der Waals surface area (Å²) in [7, 11) is 1.58. The first kappa shape index (κ1) is 23.0. The molecule has 1 aliphatic rings. The maximum Gasteiger partial charge on any atom is 0.256 e. The summed E-state index contributed by atoms with van der Waals surface area (Å²) in [5.41, 5.74) is 3.48. The molecule has 1 saturated heterocycles. The third-order valence-corrected chi connectivity index (χ3v) is 6.06. The second kappa shape index (κ2) is 10.2. The van der Waals surface area contributed by atoms with Crippen LogP contribution >= 0.6 is 0 Å². The quantitative estimate of drug-likeness (QED) is 0.611. The van der Waals surface area contributed by atoms with Crippen LogP contribution in [0.1, 0.15) is 39.2 Å². The molecule has 0 spiro atoms. The second-order valence-electron chi connectivity index (χ2n) is 8.22. The number of carbonyl (C=O) groups is 3. The number of benzene rings is 3. The number of hydrogen-bond acceptors (Lipinski definition) is 4. The predicted octanol–water partition coefficient (Wildman–Crippen LogP) is 3.84. The van der Waals surface area contributed by atoms with Crippen molar-refractivity contribution in [3.05, 3.63) is 95.6 Å². The number of anilines is 2. The van der Waals surface area contributed by atoms with Gasteiger partial charge in [-0.3, -0.25) is 14.4 Å².